The van der Waals surface area contributed by atoms with Crippen LogP contribution in [0, 0.1) is 0 Å². The topological polar surface area (TPSA) is 21.7 Å². The van der Waals surface area contributed by atoms with Crippen molar-refractivity contribution in [3.63, 3.8) is 0 Å². The van der Waals surface area contributed by atoms with Gasteiger partial charge in [0.15, 0.2) is 5.79 Å². The van der Waals surface area contributed by atoms with Gasteiger partial charge in [0.25, 0.3) is 0 Å². The highest BCUT2D eigenvalue weighted by atomic mass is 35.5. The van der Waals surface area contributed by atoms with Gasteiger partial charge in [-0.1, -0.05) is 23.2 Å². The van der Waals surface area contributed by atoms with Crippen LogP contribution in [0.5, 0.6) is 0 Å². The van der Waals surface area contributed by atoms with Crippen LogP contribution in [-0.2, 0) is 16.0 Å². The fraction of sp³-hybridized carbons (Fsp3) is 0.625. The number of rotatable bonds is 3. The number of hydrogen-bond donors (Lipinski definition) is 0. The molecule has 116 valence electrons. The molecule has 0 unspecified atom stereocenters. The molecule has 1 aromatic rings. The van der Waals surface area contributed by atoms with Gasteiger partial charge < -0.3 is 9.47 Å². The van der Waals surface area contributed by atoms with E-state index in [0.717, 1.165) is 61.1 Å². The quantitative estimate of drug-likeness (QED) is 0.832. The molecule has 0 aromatic heterocycles. The number of ether oxygens (including phenoxy) is 2. The predicted molar refractivity (Wildman–Crippen MR) is 84.8 cm³/mol. The van der Waals surface area contributed by atoms with Gasteiger partial charge in [0.05, 0.1) is 13.2 Å². The van der Waals surface area contributed by atoms with Gasteiger partial charge in [-0.05, 0) is 43.7 Å². The van der Waals surface area contributed by atoms with Crippen molar-refractivity contribution in [1.29, 1.82) is 0 Å². The summed E-state index contributed by atoms with van der Waals surface area (Å²) in [6.45, 7) is 2.29. The van der Waals surface area contributed by atoms with Crippen molar-refractivity contribution in [2.24, 2.45) is 0 Å². The van der Waals surface area contributed by atoms with Crippen molar-refractivity contribution >= 4 is 23.2 Å². The third kappa shape index (κ3) is 3.54. The van der Waals surface area contributed by atoms with Gasteiger partial charge in [0.1, 0.15) is 0 Å². The minimum absolute atomic E-state index is 0.287. The molecule has 2 fully saturated rings. The van der Waals surface area contributed by atoms with E-state index in [2.05, 4.69) is 11.9 Å². The Balaban J connectivity index is 1.59. The highest BCUT2D eigenvalue weighted by molar-refractivity contribution is 6.33. The molecular weight excluding hydrogens is 309 g/mol. The second-order valence-corrected chi connectivity index (χ2v) is 6.83. The maximum atomic E-state index is 6.25. The normalized spacial score (nSPS) is 22.3. The molecule has 1 saturated heterocycles. The molecule has 0 atom stereocenters. The van der Waals surface area contributed by atoms with E-state index in [0.29, 0.717) is 6.04 Å². The van der Waals surface area contributed by atoms with Crippen molar-refractivity contribution < 1.29 is 9.47 Å². The second kappa shape index (κ2) is 6.43. The van der Waals surface area contributed by atoms with E-state index in [1.807, 2.05) is 18.2 Å². The summed E-state index contributed by atoms with van der Waals surface area (Å²) >= 11 is 12.3. The number of hydrogen-bond acceptors (Lipinski definition) is 3. The lowest BCUT2D eigenvalue weighted by Gasteiger charge is -2.39. The van der Waals surface area contributed by atoms with Crippen LogP contribution in [0.4, 0.5) is 0 Å². The summed E-state index contributed by atoms with van der Waals surface area (Å²) < 4.78 is 11.6. The summed E-state index contributed by atoms with van der Waals surface area (Å²) in [4.78, 5) is 2.36. The van der Waals surface area contributed by atoms with Crippen LogP contribution < -0.4 is 0 Å². The van der Waals surface area contributed by atoms with Crippen molar-refractivity contribution in [1.82, 2.24) is 4.90 Å². The first-order valence-electron chi connectivity index (χ1n) is 7.50. The second-order valence-electron chi connectivity index (χ2n) is 5.99. The zero-order chi connectivity index (χ0) is 14.9. The first kappa shape index (κ1) is 15.6. The maximum Gasteiger partial charge on any atom is 0.168 e. The average molecular weight is 330 g/mol. The maximum absolute atomic E-state index is 6.25. The first-order chi connectivity index (χ1) is 10.1. The van der Waals surface area contributed by atoms with E-state index in [9.17, 15) is 0 Å². The van der Waals surface area contributed by atoms with Crippen LogP contribution in [0.15, 0.2) is 18.2 Å². The standard InChI is InChI=1S/C16H21Cl2NO2/c1-19(11-12-10-13(17)2-3-15(12)18)14-4-6-16(7-5-14)20-8-9-21-16/h2-3,10,14H,4-9,11H2,1H3. The van der Waals surface area contributed by atoms with Crippen LogP contribution >= 0.6 is 23.2 Å². The number of halogens is 2. The van der Waals surface area contributed by atoms with Crippen LogP contribution in [0.25, 0.3) is 0 Å². The van der Waals surface area contributed by atoms with Gasteiger partial charge in [-0.2, -0.15) is 0 Å². The minimum Gasteiger partial charge on any atom is -0.348 e. The largest absolute Gasteiger partial charge is 0.348 e. The van der Waals surface area contributed by atoms with Crippen LogP contribution in [0.3, 0.4) is 0 Å². The Hall–Kier alpha value is -0.320. The Bertz CT molecular complexity index is 493. The van der Waals surface area contributed by atoms with Crippen LogP contribution in [0.2, 0.25) is 10.0 Å². The highest BCUT2D eigenvalue weighted by Gasteiger charge is 2.41. The molecule has 1 aliphatic heterocycles. The fourth-order valence-corrected chi connectivity index (χ4v) is 3.70. The number of nitrogens with zero attached hydrogens (tertiary/aromatic N) is 1. The molecule has 5 heteroatoms. The van der Waals surface area contributed by atoms with Crippen LogP contribution in [-0.4, -0.2) is 37.0 Å². The monoisotopic (exact) mass is 329 g/mol. The summed E-state index contributed by atoms with van der Waals surface area (Å²) in [7, 11) is 2.15. The molecule has 0 radical (unpaired) electrons. The van der Waals surface area contributed by atoms with E-state index in [4.69, 9.17) is 32.7 Å². The molecule has 3 rings (SSSR count). The van der Waals surface area contributed by atoms with Gasteiger partial charge in [0.2, 0.25) is 0 Å². The van der Waals surface area contributed by atoms with Gasteiger partial charge in [-0.15, -0.1) is 0 Å². The third-order valence-electron chi connectivity index (χ3n) is 4.58. The predicted octanol–water partition coefficient (Wildman–Crippen LogP) is 4.11. The zero-order valence-electron chi connectivity index (χ0n) is 12.3. The molecule has 2 aliphatic rings. The Morgan fingerprint density at radius 3 is 2.52 bits per heavy atom. The molecule has 0 amide bonds. The Labute approximate surface area is 136 Å². The average Bonchev–Trinajstić information content (AvgIpc) is 2.92. The van der Waals surface area contributed by atoms with Gasteiger partial charge in [-0.25, -0.2) is 0 Å². The van der Waals surface area contributed by atoms with E-state index in [1.54, 1.807) is 0 Å². The van der Waals surface area contributed by atoms with Crippen LogP contribution in [0.1, 0.15) is 31.2 Å². The highest BCUT2D eigenvalue weighted by Crippen LogP contribution is 2.37. The van der Waals surface area contributed by atoms with E-state index < -0.39 is 0 Å². The molecule has 1 spiro atoms. The van der Waals surface area contributed by atoms with E-state index >= 15 is 0 Å². The summed E-state index contributed by atoms with van der Waals surface area (Å²) in [6, 6.07) is 6.18. The molecule has 0 N–H and O–H groups in total. The molecular formula is C16H21Cl2NO2. The lowest BCUT2D eigenvalue weighted by Crippen LogP contribution is -2.42. The fourth-order valence-electron chi connectivity index (χ4n) is 3.33. The van der Waals surface area contributed by atoms with Crippen molar-refractivity contribution in [3.05, 3.63) is 33.8 Å². The van der Waals surface area contributed by atoms with E-state index in [1.165, 1.54) is 0 Å². The number of benzene rings is 1. The van der Waals surface area contributed by atoms with Gasteiger partial charge in [-0.3, -0.25) is 4.90 Å². The Morgan fingerprint density at radius 2 is 1.86 bits per heavy atom. The van der Waals surface area contributed by atoms with Gasteiger partial charge >= 0.3 is 0 Å². The Morgan fingerprint density at radius 1 is 1.19 bits per heavy atom. The lowest BCUT2D eigenvalue weighted by molar-refractivity contribution is -0.183. The molecule has 3 nitrogen and oxygen atoms in total. The molecule has 1 saturated carbocycles. The molecule has 1 heterocycles. The molecule has 21 heavy (non-hydrogen) atoms. The molecule has 1 aliphatic carbocycles. The lowest BCUT2D eigenvalue weighted by atomic mass is 9.89. The zero-order valence-corrected chi connectivity index (χ0v) is 13.8. The molecule has 0 bridgehead atoms. The van der Waals surface area contributed by atoms with Crippen molar-refractivity contribution in [2.45, 2.75) is 44.1 Å². The summed E-state index contributed by atoms with van der Waals surface area (Å²) in [6.07, 6.45) is 4.14. The smallest absolute Gasteiger partial charge is 0.168 e. The van der Waals surface area contributed by atoms with Gasteiger partial charge in [0, 0.05) is 35.5 Å². The summed E-state index contributed by atoms with van der Waals surface area (Å²) in [5.74, 6) is -0.287. The summed E-state index contributed by atoms with van der Waals surface area (Å²) in [5.41, 5.74) is 1.08. The van der Waals surface area contributed by atoms with E-state index in [-0.39, 0.29) is 5.79 Å². The Kier molecular flexibility index (Phi) is 4.77. The van der Waals surface area contributed by atoms with Crippen molar-refractivity contribution in [3.8, 4) is 0 Å². The van der Waals surface area contributed by atoms with Crippen molar-refractivity contribution in [2.75, 3.05) is 20.3 Å². The SMILES string of the molecule is CN(Cc1cc(Cl)ccc1Cl)C1CCC2(CC1)OCCO2. The first-order valence-corrected chi connectivity index (χ1v) is 8.26. The summed E-state index contributed by atoms with van der Waals surface area (Å²) in [5, 5.41) is 1.51. The molecule has 1 aromatic carbocycles. The third-order valence-corrected chi connectivity index (χ3v) is 5.19. The minimum atomic E-state index is -0.287.